The molecule has 130 valence electrons. The molecule has 1 fully saturated rings. The van der Waals surface area contributed by atoms with Gasteiger partial charge in [-0.15, -0.1) is 5.10 Å². The molecule has 0 bridgehead atoms. The standard InChI is InChI=1S/C15H29N7O/c1-4-7-22-14(16-17-18-22)12-19-8-10-20(11-9-19)13-15(23)21(5-2)6-3/h4-13H2,1-3H3. The zero-order chi connectivity index (χ0) is 16.7. The molecule has 1 saturated heterocycles. The number of carbonyl (C=O) groups excluding carboxylic acids is 1. The second-order valence-electron chi connectivity index (χ2n) is 5.94. The maximum Gasteiger partial charge on any atom is 0.236 e. The lowest BCUT2D eigenvalue weighted by atomic mass is 10.3. The van der Waals surface area contributed by atoms with E-state index in [1.807, 2.05) is 23.4 Å². The molecule has 23 heavy (non-hydrogen) atoms. The van der Waals surface area contributed by atoms with E-state index in [9.17, 15) is 4.79 Å². The van der Waals surface area contributed by atoms with Crippen LogP contribution in [0.2, 0.25) is 0 Å². The fourth-order valence-electron chi connectivity index (χ4n) is 2.90. The Bertz CT molecular complexity index is 478. The van der Waals surface area contributed by atoms with Crippen molar-refractivity contribution in [2.24, 2.45) is 0 Å². The minimum Gasteiger partial charge on any atom is -0.342 e. The predicted molar refractivity (Wildman–Crippen MR) is 87.8 cm³/mol. The summed E-state index contributed by atoms with van der Waals surface area (Å²) in [5, 5.41) is 11.9. The molecular weight excluding hydrogens is 294 g/mol. The number of aryl methyl sites for hydroxylation is 1. The Labute approximate surface area is 138 Å². The van der Waals surface area contributed by atoms with E-state index in [1.54, 1.807) is 0 Å². The second-order valence-corrected chi connectivity index (χ2v) is 5.94. The van der Waals surface area contributed by atoms with Crippen LogP contribution in [0.25, 0.3) is 0 Å². The number of piperazine rings is 1. The fraction of sp³-hybridized carbons (Fsp3) is 0.867. The van der Waals surface area contributed by atoms with E-state index in [4.69, 9.17) is 0 Å². The summed E-state index contributed by atoms with van der Waals surface area (Å²) in [7, 11) is 0. The van der Waals surface area contributed by atoms with Crippen molar-refractivity contribution in [3.63, 3.8) is 0 Å². The van der Waals surface area contributed by atoms with Crippen molar-refractivity contribution in [2.75, 3.05) is 45.8 Å². The summed E-state index contributed by atoms with van der Waals surface area (Å²) >= 11 is 0. The molecule has 1 aromatic heterocycles. The minimum absolute atomic E-state index is 0.232. The number of rotatable bonds is 8. The van der Waals surface area contributed by atoms with Crippen LogP contribution in [0.1, 0.15) is 33.0 Å². The molecule has 1 aromatic rings. The third-order valence-corrected chi connectivity index (χ3v) is 4.35. The predicted octanol–water partition coefficient (Wildman–Crippen LogP) is 0.0691. The number of nitrogens with zero attached hydrogens (tertiary/aromatic N) is 7. The van der Waals surface area contributed by atoms with Gasteiger partial charge in [0.05, 0.1) is 13.1 Å². The number of aromatic nitrogens is 4. The Hall–Kier alpha value is -1.54. The highest BCUT2D eigenvalue weighted by atomic mass is 16.2. The second kappa shape index (κ2) is 8.93. The maximum atomic E-state index is 12.2. The Morgan fingerprint density at radius 3 is 2.35 bits per heavy atom. The van der Waals surface area contributed by atoms with Crippen LogP contribution in [0, 0.1) is 0 Å². The number of amides is 1. The van der Waals surface area contributed by atoms with Crippen LogP contribution in [-0.2, 0) is 17.9 Å². The van der Waals surface area contributed by atoms with E-state index in [0.29, 0.717) is 6.54 Å². The molecular formula is C15H29N7O. The molecule has 0 aromatic carbocycles. The van der Waals surface area contributed by atoms with E-state index in [0.717, 1.165) is 64.6 Å². The van der Waals surface area contributed by atoms with Crippen molar-refractivity contribution >= 4 is 5.91 Å². The minimum atomic E-state index is 0.232. The lowest BCUT2D eigenvalue weighted by Crippen LogP contribution is -2.49. The van der Waals surface area contributed by atoms with Crippen LogP contribution in [0.4, 0.5) is 0 Å². The van der Waals surface area contributed by atoms with Gasteiger partial charge in [0, 0.05) is 45.8 Å². The maximum absolute atomic E-state index is 12.2. The summed E-state index contributed by atoms with van der Waals surface area (Å²) in [4.78, 5) is 18.7. The van der Waals surface area contributed by atoms with E-state index in [2.05, 4.69) is 32.2 Å². The molecule has 0 saturated carbocycles. The smallest absolute Gasteiger partial charge is 0.236 e. The zero-order valence-corrected chi connectivity index (χ0v) is 14.6. The van der Waals surface area contributed by atoms with Crippen LogP contribution in [0.15, 0.2) is 0 Å². The van der Waals surface area contributed by atoms with Gasteiger partial charge in [0.25, 0.3) is 0 Å². The van der Waals surface area contributed by atoms with Crippen LogP contribution < -0.4 is 0 Å². The molecule has 1 aliphatic rings. The van der Waals surface area contributed by atoms with Gasteiger partial charge in [0.15, 0.2) is 5.82 Å². The Kier molecular flexibility index (Phi) is 6.91. The third kappa shape index (κ3) is 4.97. The summed E-state index contributed by atoms with van der Waals surface area (Å²) in [6, 6.07) is 0. The van der Waals surface area contributed by atoms with E-state index >= 15 is 0 Å². The summed E-state index contributed by atoms with van der Waals surface area (Å²) in [6.07, 6.45) is 1.03. The first-order valence-electron chi connectivity index (χ1n) is 8.65. The van der Waals surface area contributed by atoms with Gasteiger partial charge in [-0.2, -0.15) is 0 Å². The van der Waals surface area contributed by atoms with Gasteiger partial charge < -0.3 is 4.90 Å². The van der Waals surface area contributed by atoms with Crippen molar-refractivity contribution in [3.05, 3.63) is 5.82 Å². The highest BCUT2D eigenvalue weighted by Gasteiger charge is 2.22. The Morgan fingerprint density at radius 1 is 1.09 bits per heavy atom. The first kappa shape index (κ1) is 17.8. The molecule has 1 amide bonds. The van der Waals surface area contributed by atoms with Gasteiger partial charge in [-0.25, -0.2) is 4.68 Å². The van der Waals surface area contributed by atoms with Gasteiger partial charge in [-0.1, -0.05) is 6.92 Å². The van der Waals surface area contributed by atoms with E-state index in [-0.39, 0.29) is 5.91 Å². The Morgan fingerprint density at radius 2 is 1.74 bits per heavy atom. The molecule has 0 spiro atoms. The van der Waals surface area contributed by atoms with Gasteiger partial charge in [-0.3, -0.25) is 14.6 Å². The van der Waals surface area contributed by atoms with Crippen molar-refractivity contribution in [1.29, 1.82) is 0 Å². The van der Waals surface area contributed by atoms with Gasteiger partial charge >= 0.3 is 0 Å². The van der Waals surface area contributed by atoms with Crippen LogP contribution in [0.3, 0.4) is 0 Å². The molecule has 0 aliphatic carbocycles. The van der Waals surface area contributed by atoms with Crippen molar-refractivity contribution in [3.8, 4) is 0 Å². The highest BCUT2D eigenvalue weighted by molar-refractivity contribution is 5.78. The number of tetrazole rings is 1. The monoisotopic (exact) mass is 323 g/mol. The SMILES string of the molecule is CCCn1nnnc1CN1CCN(CC(=O)N(CC)CC)CC1. The van der Waals surface area contributed by atoms with Gasteiger partial charge in [0.2, 0.25) is 5.91 Å². The highest BCUT2D eigenvalue weighted by Crippen LogP contribution is 2.07. The largest absolute Gasteiger partial charge is 0.342 e. The topological polar surface area (TPSA) is 70.4 Å². The van der Waals surface area contributed by atoms with Crippen LogP contribution in [0.5, 0.6) is 0 Å². The fourth-order valence-corrected chi connectivity index (χ4v) is 2.90. The van der Waals surface area contributed by atoms with Crippen molar-refractivity contribution < 1.29 is 4.79 Å². The first-order valence-corrected chi connectivity index (χ1v) is 8.65. The van der Waals surface area contributed by atoms with Crippen molar-refractivity contribution in [2.45, 2.75) is 40.3 Å². The summed E-state index contributed by atoms with van der Waals surface area (Å²) < 4.78 is 1.89. The van der Waals surface area contributed by atoms with E-state index < -0.39 is 0 Å². The summed E-state index contributed by atoms with van der Waals surface area (Å²) in [5.74, 6) is 1.16. The zero-order valence-electron chi connectivity index (χ0n) is 14.6. The quantitative estimate of drug-likeness (QED) is 0.674. The lowest BCUT2D eigenvalue weighted by molar-refractivity contribution is -0.132. The van der Waals surface area contributed by atoms with Gasteiger partial charge in [0.1, 0.15) is 0 Å². The average molecular weight is 323 g/mol. The molecule has 2 heterocycles. The van der Waals surface area contributed by atoms with Crippen molar-refractivity contribution in [1.82, 2.24) is 34.9 Å². The molecule has 0 unspecified atom stereocenters. The molecule has 2 rings (SSSR count). The molecule has 0 N–H and O–H groups in total. The number of carbonyl (C=O) groups is 1. The molecule has 0 radical (unpaired) electrons. The van der Waals surface area contributed by atoms with Crippen LogP contribution in [-0.4, -0.2) is 86.6 Å². The van der Waals surface area contributed by atoms with Gasteiger partial charge in [-0.05, 0) is 30.7 Å². The molecule has 0 atom stereocenters. The van der Waals surface area contributed by atoms with E-state index in [1.165, 1.54) is 0 Å². The molecule has 8 heteroatoms. The molecule has 8 nitrogen and oxygen atoms in total. The first-order chi connectivity index (χ1) is 11.2. The number of hydrogen-bond donors (Lipinski definition) is 0. The number of hydrogen-bond acceptors (Lipinski definition) is 6. The summed E-state index contributed by atoms with van der Waals surface area (Å²) in [5.41, 5.74) is 0. The average Bonchev–Trinajstić information content (AvgIpc) is 2.98. The molecule has 1 aliphatic heterocycles. The summed E-state index contributed by atoms with van der Waals surface area (Å²) in [6.45, 7) is 13.7. The number of likely N-dealkylation sites (N-methyl/N-ethyl adjacent to an activating group) is 1. The normalized spacial score (nSPS) is 16.7. The van der Waals surface area contributed by atoms with Crippen LogP contribution >= 0.6 is 0 Å². The third-order valence-electron chi connectivity index (χ3n) is 4.35. The lowest BCUT2D eigenvalue weighted by Gasteiger charge is -2.34. The Balaban J connectivity index is 1.77.